The molecule has 2 aliphatic rings. The predicted molar refractivity (Wildman–Crippen MR) is 107 cm³/mol. The second kappa shape index (κ2) is 10.6. The molecule has 1 aromatic carbocycles. The predicted octanol–water partition coefficient (Wildman–Crippen LogP) is 6.53. The Bertz CT molecular complexity index is 617. The fourth-order valence-electron chi connectivity index (χ4n) is 4.72. The summed E-state index contributed by atoms with van der Waals surface area (Å²) in [6, 6.07) is 9.13. The van der Waals surface area contributed by atoms with Gasteiger partial charge in [0.25, 0.3) is 0 Å². The summed E-state index contributed by atoms with van der Waals surface area (Å²) < 4.78 is 19.3. The van der Waals surface area contributed by atoms with Crippen molar-refractivity contribution in [3.8, 4) is 6.07 Å². The van der Waals surface area contributed by atoms with Crippen molar-refractivity contribution < 1.29 is 9.13 Å². The highest BCUT2D eigenvalue weighted by molar-refractivity contribution is 5.20. The molecule has 2 aliphatic carbocycles. The van der Waals surface area contributed by atoms with Crippen LogP contribution in [0.3, 0.4) is 0 Å². The summed E-state index contributed by atoms with van der Waals surface area (Å²) >= 11 is 0. The molecular formula is C24H32FNO. The minimum Gasteiger partial charge on any atom is -0.378 e. The van der Waals surface area contributed by atoms with Gasteiger partial charge in [0, 0.05) is 12.7 Å². The zero-order valence-corrected chi connectivity index (χ0v) is 16.3. The molecule has 2 nitrogen and oxygen atoms in total. The van der Waals surface area contributed by atoms with Crippen LogP contribution in [0.4, 0.5) is 4.39 Å². The molecule has 0 spiro atoms. The molecule has 3 heteroatoms. The second-order valence-corrected chi connectivity index (χ2v) is 8.35. The van der Waals surface area contributed by atoms with Gasteiger partial charge in [-0.1, -0.05) is 18.2 Å². The molecule has 0 atom stereocenters. The maximum absolute atomic E-state index is 13.1. The van der Waals surface area contributed by atoms with Crippen molar-refractivity contribution in [1.82, 2.24) is 0 Å². The highest BCUT2D eigenvalue weighted by Gasteiger charge is 2.25. The molecular weight excluding hydrogens is 337 g/mol. The second-order valence-electron chi connectivity index (χ2n) is 8.35. The van der Waals surface area contributed by atoms with Crippen LogP contribution in [0.25, 0.3) is 0 Å². The van der Waals surface area contributed by atoms with Gasteiger partial charge in [0.15, 0.2) is 0 Å². The van der Waals surface area contributed by atoms with Crippen LogP contribution in [0.15, 0.2) is 36.4 Å². The van der Waals surface area contributed by atoms with E-state index >= 15 is 0 Å². The van der Waals surface area contributed by atoms with Crippen LogP contribution in [-0.4, -0.2) is 12.7 Å². The van der Waals surface area contributed by atoms with Crippen LogP contribution in [0.5, 0.6) is 0 Å². The molecule has 0 radical (unpaired) electrons. The van der Waals surface area contributed by atoms with Crippen LogP contribution in [-0.2, 0) is 4.74 Å². The van der Waals surface area contributed by atoms with Crippen molar-refractivity contribution in [2.45, 2.75) is 76.2 Å². The summed E-state index contributed by atoms with van der Waals surface area (Å²) in [7, 11) is 0. The first kappa shape index (κ1) is 20.1. The van der Waals surface area contributed by atoms with Gasteiger partial charge in [-0.05, 0) is 99.7 Å². The number of ether oxygens (including phenoxy) is 1. The van der Waals surface area contributed by atoms with Crippen LogP contribution < -0.4 is 0 Å². The Labute approximate surface area is 163 Å². The van der Waals surface area contributed by atoms with Gasteiger partial charge in [-0.3, -0.25) is 0 Å². The van der Waals surface area contributed by atoms with Crippen LogP contribution in [0.1, 0.15) is 75.7 Å². The molecule has 27 heavy (non-hydrogen) atoms. The minimum atomic E-state index is -0.144. The molecule has 0 bridgehead atoms. The molecule has 0 aliphatic heterocycles. The maximum atomic E-state index is 13.1. The van der Waals surface area contributed by atoms with Crippen molar-refractivity contribution in [3.05, 3.63) is 47.8 Å². The third-order valence-electron chi connectivity index (χ3n) is 6.48. The van der Waals surface area contributed by atoms with Crippen LogP contribution >= 0.6 is 0 Å². The molecule has 0 unspecified atom stereocenters. The maximum Gasteiger partial charge on any atom is 0.123 e. The van der Waals surface area contributed by atoms with E-state index < -0.39 is 0 Å². The Kier molecular flexibility index (Phi) is 7.90. The quantitative estimate of drug-likeness (QED) is 0.512. The topological polar surface area (TPSA) is 33.0 Å². The molecule has 0 saturated heterocycles. The van der Waals surface area contributed by atoms with Gasteiger partial charge in [0.05, 0.1) is 12.2 Å². The molecule has 3 rings (SSSR count). The van der Waals surface area contributed by atoms with Gasteiger partial charge >= 0.3 is 0 Å². The Balaban J connectivity index is 1.30. The molecule has 2 fully saturated rings. The normalized spacial score (nSPS) is 28.9. The molecule has 2 saturated carbocycles. The lowest BCUT2D eigenvalue weighted by atomic mass is 9.79. The van der Waals surface area contributed by atoms with Crippen LogP contribution in [0.2, 0.25) is 0 Å². The fourth-order valence-corrected chi connectivity index (χ4v) is 4.72. The number of nitriles is 1. The van der Waals surface area contributed by atoms with Gasteiger partial charge in [-0.25, -0.2) is 4.39 Å². The standard InChI is InChI=1S/C24H32FNO/c25-23-13-11-22(12-14-23)21-9-5-20(6-10-21)18-27-24-15-7-19(8-16-24)4-2-1-3-17-26/h1,3,11-14,19-21,24H,2,4-10,15-16,18H2/t19-,20-,21-,24-. The summed E-state index contributed by atoms with van der Waals surface area (Å²) in [5, 5.41) is 8.52. The number of hydrogen-bond donors (Lipinski definition) is 0. The number of hydrogen-bond acceptors (Lipinski definition) is 2. The largest absolute Gasteiger partial charge is 0.378 e. The summed E-state index contributed by atoms with van der Waals surface area (Å²) in [5.74, 6) is 1.94. The third-order valence-corrected chi connectivity index (χ3v) is 6.48. The molecule has 0 amide bonds. The van der Waals surface area contributed by atoms with Crippen molar-refractivity contribution in [1.29, 1.82) is 5.26 Å². The van der Waals surface area contributed by atoms with Gasteiger partial charge in [0.2, 0.25) is 0 Å². The Morgan fingerprint density at radius 2 is 1.63 bits per heavy atom. The molecule has 1 aromatic rings. The Hall–Kier alpha value is -1.66. The molecule has 0 aromatic heterocycles. The van der Waals surface area contributed by atoms with Crippen LogP contribution in [0, 0.1) is 29.0 Å². The summed E-state index contributed by atoms with van der Waals surface area (Å²) in [6.45, 7) is 0.913. The van der Waals surface area contributed by atoms with E-state index in [1.54, 1.807) is 18.2 Å². The van der Waals surface area contributed by atoms with E-state index in [1.807, 2.05) is 18.2 Å². The average molecular weight is 370 g/mol. The van der Waals surface area contributed by atoms with Gasteiger partial charge in [-0.15, -0.1) is 0 Å². The van der Waals surface area contributed by atoms with Gasteiger partial charge < -0.3 is 4.74 Å². The highest BCUT2D eigenvalue weighted by Crippen LogP contribution is 2.37. The smallest absolute Gasteiger partial charge is 0.123 e. The lowest BCUT2D eigenvalue weighted by Gasteiger charge is -2.32. The SMILES string of the molecule is N#CC=CCC[C@H]1CC[C@H](OC[C@H]2CC[C@H](c3ccc(F)cc3)CC2)CC1. The molecule has 0 N–H and O–H groups in total. The number of allylic oxidation sites excluding steroid dienone is 2. The first-order valence-electron chi connectivity index (χ1n) is 10.7. The van der Waals surface area contributed by atoms with E-state index in [4.69, 9.17) is 10.00 Å². The molecule has 146 valence electrons. The Morgan fingerprint density at radius 1 is 0.963 bits per heavy atom. The fraction of sp³-hybridized carbons (Fsp3) is 0.625. The van der Waals surface area contributed by atoms with E-state index in [-0.39, 0.29) is 5.82 Å². The molecule has 0 heterocycles. The van der Waals surface area contributed by atoms with Gasteiger partial charge in [-0.2, -0.15) is 5.26 Å². The van der Waals surface area contributed by atoms with E-state index in [9.17, 15) is 4.39 Å². The summed E-state index contributed by atoms with van der Waals surface area (Å²) in [5.41, 5.74) is 1.29. The van der Waals surface area contributed by atoms with E-state index in [0.717, 1.165) is 18.9 Å². The summed E-state index contributed by atoms with van der Waals surface area (Å²) in [6.07, 6.45) is 16.0. The van der Waals surface area contributed by atoms with E-state index in [1.165, 1.54) is 63.4 Å². The number of nitrogens with zero attached hydrogens (tertiary/aromatic N) is 1. The number of rotatable bonds is 7. The number of halogens is 1. The van der Waals surface area contributed by atoms with E-state index in [0.29, 0.717) is 17.9 Å². The highest BCUT2D eigenvalue weighted by atomic mass is 19.1. The van der Waals surface area contributed by atoms with Crippen molar-refractivity contribution in [2.24, 2.45) is 11.8 Å². The zero-order valence-electron chi connectivity index (χ0n) is 16.3. The van der Waals surface area contributed by atoms with Crippen molar-refractivity contribution in [2.75, 3.05) is 6.61 Å². The number of benzene rings is 1. The van der Waals surface area contributed by atoms with Crippen molar-refractivity contribution in [3.63, 3.8) is 0 Å². The Morgan fingerprint density at radius 3 is 2.30 bits per heavy atom. The van der Waals surface area contributed by atoms with E-state index in [2.05, 4.69) is 6.07 Å². The third kappa shape index (κ3) is 6.47. The first-order valence-corrected chi connectivity index (χ1v) is 10.7. The zero-order chi connectivity index (χ0) is 18.9. The minimum absolute atomic E-state index is 0.144. The van der Waals surface area contributed by atoms with Crippen molar-refractivity contribution >= 4 is 0 Å². The first-order chi connectivity index (χ1) is 13.2. The lowest BCUT2D eigenvalue weighted by molar-refractivity contribution is -0.00824. The summed E-state index contributed by atoms with van der Waals surface area (Å²) in [4.78, 5) is 0. The van der Waals surface area contributed by atoms with Gasteiger partial charge in [0.1, 0.15) is 5.82 Å². The average Bonchev–Trinajstić information content (AvgIpc) is 2.72. The lowest BCUT2D eigenvalue weighted by Crippen LogP contribution is -2.25. The monoisotopic (exact) mass is 369 g/mol.